The molecule has 0 aliphatic carbocycles. The van der Waals surface area contributed by atoms with Gasteiger partial charge < -0.3 is 9.64 Å². The SMILES string of the molecule is COCCCN(C(=O)c1sc2nc3n(c(=O)c2c1C)CCCCC3)[C@@H](C)c1ccncc1. The van der Waals surface area contributed by atoms with Crippen LogP contribution in [-0.4, -0.2) is 45.6 Å². The Morgan fingerprint density at radius 1 is 1.28 bits per heavy atom. The zero-order valence-corrected chi connectivity index (χ0v) is 19.8. The Morgan fingerprint density at radius 2 is 2.06 bits per heavy atom. The number of carbonyl (C=O) groups excluding carboxylic acids is 1. The zero-order valence-electron chi connectivity index (χ0n) is 19.0. The molecule has 3 aromatic rings. The average molecular weight is 455 g/mol. The number of amides is 1. The number of aromatic nitrogens is 3. The molecule has 0 aromatic carbocycles. The third-order valence-corrected chi connectivity index (χ3v) is 7.44. The summed E-state index contributed by atoms with van der Waals surface area (Å²) in [5, 5.41) is 0.595. The van der Waals surface area contributed by atoms with Gasteiger partial charge in [0.1, 0.15) is 10.7 Å². The molecule has 170 valence electrons. The van der Waals surface area contributed by atoms with Crippen molar-refractivity contribution >= 4 is 27.5 Å². The van der Waals surface area contributed by atoms with E-state index >= 15 is 0 Å². The molecule has 1 atom stereocenters. The maximum Gasteiger partial charge on any atom is 0.264 e. The second-order valence-corrected chi connectivity index (χ2v) is 9.33. The van der Waals surface area contributed by atoms with Crippen molar-refractivity contribution in [2.45, 2.75) is 58.5 Å². The molecule has 1 aliphatic rings. The number of ether oxygens (including phenoxy) is 1. The Balaban J connectivity index is 1.74. The van der Waals surface area contributed by atoms with Crippen LogP contribution in [0.3, 0.4) is 0 Å². The first kappa shape index (κ1) is 22.6. The van der Waals surface area contributed by atoms with Crippen LogP contribution in [0.5, 0.6) is 0 Å². The number of nitrogens with zero attached hydrogens (tertiary/aromatic N) is 4. The van der Waals surface area contributed by atoms with Gasteiger partial charge in [0.05, 0.1) is 16.3 Å². The summed E-state index contributed by atoms with van der Waals surface area (Å²) < 4.78 is 7.04. The van der Waals surface area contributed by atoms with Gasteiger partial charge in [0.15, 0.2) is 0 Å². The van der Waals surface area contributed by atoms with E-state index in [-0.39, 0.29) is 17.5 Å². The lowest BCUT2D eigenvalue weighted by molar-refractivity contribution is 0.0672. The molecule has 4 rings (SSSR count). The fraction of sp³-hybridized carbons (Fsp3) is 0.500. The number of methoxy groups -OCH3 is 1. The van der Waals surface area contributed by atoms with E-state index in [0.29, 0.717) is 34.8 Å². The van der Waals surface area contributed by atoms with Crippen molar-refractivity contribution in [2.24, 2.45) is 0 Å². The number of rotatable bonds is 7. The van der Waals surface area contributed by atoms with Crippen LogP contribution in [0.4, 0.5) is 0 Å². The van der Waals surface area contributed by atoms with Gasteiger partial charge in [-0.05, 0) is 56.4 Å². The molecule has 0 saturated carbocycles. The first-order chi connectivity index (χ1) is 15.5. The fourth-order valence-electron chi connectivity index (χ4n) is 4.42. The van der Waals surface area contributed by atoms with Gasteiger partial charge in [0.25, 0.3) is 11.5 Å². The van der Waals surface area contributed by atoms with Crippen molar-refractivity contribution in [1.82, 2.24) is 19.4 Å². The molecule has 7 nitrogen and oxygen atoms in total. The molecule has 0 saturated heterocycles. The van der Waals surface area contributed by atoms with Crippen molar-refractivity contribution in [3.8, 4) is 0 Å². The Morgan fingerprint density at radius 3 is 2.81 bits per heavy atom. The minimum atomic E-state index is -0.127. The van der Waals surface area contributed by atoms with Crippen molar-refractivity contribution in [1.29, 1.82) is 0 Å². The van der Waals surface area contributed by atoms with Gasteiger partial charge in [-0.3, -0.25) is 19.1 Å². The van der Waals surface area contributed by atoms with Crippen LogP contribution < -0.4 is 5.56 Å². The molecule has 1 aliphatic heterocycles. The lowest BCUT2D eigenvalue weighted by Crippen LogP contribution is -2.35. The number of pyridine rings is 1. The van der Waals surface area contributed by atoms with E-state index < -0.39 is 0 Å². The van der Waals surface area contributed by atoms with Gasteiger partial charge in [0, 0.05) is 45.6 Å². The van der Waals surface area contributed by atoms with E-state index in [4.69, 9.17) is 9.72 Å². The van der Waals surface area contributed by atoms with Gasteiger partial charge in [-0.1, -0.05) is 6.42 Å². The lowest BCUT2D eigenvalue weighted by atomic mass is 10.1. The number of hydrogen-bond acceptors (Lipinski definition) is 6. The number of fused-ring (bicyclic) bond motifs is 2. The van der Waals surface area contributed by atoms with Gasteiger partial charge >= 0.3 is 0 Å². The van der Waals surface area contributed by atoms with Gasteiger partial charge in [-0.2, -0.15) is 0 Å². The Hall–Kier alpha value is -2.58. The average Bonchev–Trinajstić information content (AvgIpc) is 2.97. The highest BCUT2D eigenvalue weighted by Crippen LogP contribution is 2.32. The standard InChI is InChI=1S/C24H30N4O3S/c1-16-20-22(26-19-8-5-4-6-13-28(19)23(20)29)32-21(16)24(30)27(14-7-15-31-3)17(2)18-9-11-25-12-10-18/h9-12,17H,4-8,13-15H2,1-3H3/t17-/m0/s1. The molecule has 3 aromatic heterocycles. The molecule has 0 spiro atoms. The highest BCUT2D eigenvalue weighted by atomic mass is 32.1. The molecule has 0 bridgehead atoms. The van der Waals surface area contributed by atoms with Crippen molar-refractivity contribution < 1.29 is 9.53 Å². The fourth-order valence-corrected chi connectivity index (χ4v) is 5.56. The van der Waals surface area contributed by atoms with Gasteiger partial charge in [-0.25, -0.2) is 4.98 Å². The van der Waals surface area contributed by atoms with Crippen LogP contribution in [0, 0.1) is 6.92 Å². The smallest absolute Gasteiger partial charge is 0.264 e. The largest absolute Gasteiger partial charge is 0.385 e. The van der Waals surface area contributed by atoms with E-state index in [1.807, 2.05) is 35.4 Å². The highest BCUT2D eigenvalue weighted by Gasteiger charge is 2.28. The van der Waals surface area contributed by atoms with E-state index in [0.717, 1.165) is 49.1 Å². The molecule has 0 unspecified atom stereocenters. The number of thiophene rings is 1. The molecule has 4 heterocycles. The van der Waals surface area contributed by atoms with Crippen LogP contribution in [0.25, 0.3) is 10.2 Å². The Bertz CT molecular complexity index is 1160. The third kappa shape index (κ3) is 4.34. The molecular weight excluding hydrogens is 424 g/mol. The first-order valence-electron chi connectivity index (χ1n) is 11.3. The van der Waals surface area contributed by atoms with Crippen LogP contribution in [-0.2, 0) is 17.7 Å². The maximum atomic E-state index is 13.8. The third-order valence-electron chi connectivity index (χ3n) is 6.27. The monoisotopic (exact) mass is 454 g/mol. The Kier molecular flexibility index (Phi) is 7.01. The maximum absolute atomic E-state index is 13.8. The van der Waals surface area contributed by atoms with Crippen molar-refractivity contribution in [3.05, 3.63) is 56.7 Å². The number of carbonyl (C=O) groups is 1. The minimum Gasteiger partial charge on any atom is -0.385 e. The summed E-state index contributed by atoms with van der Waals surface area (Å²) in [6, 6.07) is 3.74. The molecule has 8 heteroatoms. The summed E-state index contributed by atoms with van der Waals surface area (Å²) in [7, 11) is 1.66. The summed E-state index contributed by atoms with van der Waals surface area (Å²) in [5.74, 6) is 0.785. The van der Waals surface area contributed by atoms with Crippen LogP contribution in [0.15, 0.2) is 29.3 Å². The molecule has 0 fully saturated rings. The second-order valence-electron chi connectivity index (χ2n) is 8.33. The number of aryl methyl sites for hydroxylation is 2. The van der Waals surface area contributed by atoms with Crippen LogP contribution >= 0.6 is 11.3 Å². The first-order valence-corrected chi connectivity index (χ1v) is 12.1. The zero-order chi connectivity index (χ0) is 22.7. The normalized spacial score (nSPS) is 14.7. The summed E-state index contributed by atoms with van der Waals surface area (Å²) in [6.45, 7) is 5.75. The summed E-state index contributed by atoms with van der Waals surface area (Å²) in [4.78, 5) is 39.1. The van der Waals surface area contributed by atoms with E-state index in [9.17, 15) is 9.59 Å². The summed E-state index contributed by atoms with van der Waals surface area (Å²) in [6.07, 6.45) is 8.18. The topological polar surface area (TPSA) is 77.3 Å². The van der Waals surface area contributed by atoms with Crippen LogP contribution in [0.1, 0.15) is 65.3 Å². The van der Waals surface area contributed by atoms with Crippen molar-refractivity contribution in [3.63, 3.8) is 0 Å². The molecular formula is C24H30N4O3S. The summed E-state index contributed by atoms with van der Waals surface area (Å²) in [5.41, 5.74) is 1.76. The number of hydrogen-bond donors (Lipinski definition) is 0. The predicted molar refractivity (Wildman–Crippen MR) is 126 cm³/mol. The highest BCUT2D eigenvalue weighted by molar-refractivity contribution is 7.20. The predicted octanol–water partition coefficient (Wildman–Crippen LogP) is 4.13. The van der Waals surface area contributed by atoms with E-state index in [2.05, 4.69) is 4.98 Å². The Labute approximate surface area is 192 Å². The van der Waals surface area contributed by atoms with E-state index in [1.165, 1.54) is 11.3 Å². The van der Waals surface area contributed by atoms with Gasteiger partial charge in [-0.15, -0.1) is 11.3 Å². The van der Waals surface area contributed by atoms with Crippen molar-refractivity contribution in [2.75, 3.05) is 20.3 Å². The van der Waals surface area contributed by atoms with E-state index in [1.54, 1.807) is 19.5 Å². The summed E-state index contributed by atoms with van der Waals surface area (Å²) >= 11 is 1.35. The molecule has 0 radical (unpaired) electrons. The minimum absolute atomic E-state index is 0.00665. The lowest BCUT2D eigenvalue weighted by Gasteiger charge is -2.29. The second kappa shape index (κ2) is 9.92. The van der Waals surface area contributed by atoms with Crippen LogP contribution in [0.2, 0.25) is 0 Å². The van der Waals surface area contributed by atoms with Gasteiger partial charge in [0.2, 0.25) is 0 Å². The molecule has 1 amide bonds. The molecule has 0 N–H and O–H groups in total. The quantitative estimate of drug-likeness (QED) is 0.502. The molecule has 32 heavy (non-hydrogen) atoms.